The smallest absolute Gasteiger partial charge is 0.220 e. The van der Waals surface area contributed by atoms with Gasteiger partial charge in [-0.25, -0.2) is 0 Å². The minimum absolute atomic E-state index is 0. The first-order valence-electron chi connectivity index (χ1n) is 7.29. The number of amides is 1. The molecule has 0 spiro atoms. The molecule has 0 aromatic rings. The quantitative estimate of drug-likeness (QED) is 0.750. The number of nitrogens with two attached hydrogens (primary N) is 1. The van der Waals surface area contributed by atoms with Crippen LogP contribution in [0.4, 0.5) is 0 Å². The largest absolute Gasteiger partial charge is 0.352 e. The number of carbonyl (C=O) groups is 1. The Morgan fingerprint density at radius 2 is 1.89 bits per heavy atom. The lowest BCUT2D eigenvalue weighted by Crippen LogP contribution is -2.41. The maximum Gasteiger partial charge on any atom is 0.220 e. The second-order valence-electron chi connectivity index (χ2n) is 5.79. The van der Waals surface area contributed by atoms with Crippen LogP contribution in [0, 0.1) is 11.8 Å². The first kappa shape index (κ1) is 15.8. The zero-order valence-electron chi connectivity index (χ0n) is 11.2. The molecule has 0 aromatic heterocycles. The molecule has 106 valence electrons. The molecule has 0 heterocycles. The van der Waals surface area contributed by atoms with Gasteiger partial charge in [0.15, 0.2) is 0 Å². The van der Waals surface area contributed by atoms with E-state index in [0.29, 0.717) is 18.9 Å². The molecule has 2 fully saturated rings. The van der Waals surface area contributed by atoms with Crippen molar-refractivity contribution in [1.29, 1.82) is 0 Å². The maximum atomic E-state index is 11.8. The fourth-order valence-corrected chi connectivity index (χ4v) is 3.00. The van der Waals surface area contributed by atoms with E-state index in [-0.39, 0.29) is 24.4 Å². The van der Waals surface area contributed by atoms with Crippen molar-refractivity contribution < 1.29 is 4.79 Å². The summed E-state index contributed by atoms with van der Waals surface area (Å²) in [6.45, 7) is 0.596. The summed E-state index contributed by atoms with van der Waals surface area (Å²) < 4.78 is 0. The van der Waals surface area contributed by atoms with Crippen LogP contribution < -0.4 is 11.1 Å². The number of hydrogen-bond donors (Lipinski definition) is 2. The Kier molecular flexibility index (Phi) is 7.02. The number of hydrogen-bond acceptors (Lipinski definition) is 2. The van der Waals surface area contributed by atoms with E-state index < -0.39 is 0 Å². The number of carbonyl (C=O) groups excluding carboxylic acids is 1. The van der Waals surface area contributed by atoms with E-state index in [1.54, 1.807) is 0 Å². The SMILES string of the molecule is Cl.NCC(NC(=O)CCCC1CCCC1)C1CC1. The van der Waals surface area contributed by atoms with Gasteiger partial charge < -0.3 is 11.1 Å². The van der Waals surface area contributed by atoms with Gasteiger partial charge in [0.2, 0.25) is 5.91 Å². The van der Waals surface area contributed by atoms with Gasteiger partial charge in [0.1, 0.15) is 0 Å². The van der Waals surface area contributed by atoms with Crippen LogP contribution in [0.25, 0.3) is 0 Å². The van der Waals surface area contributed by atoms with Crippen molar-refractivity contribution in [3.63, 3.8) is 0 Å². The third-order valence-electron chi connectivity index (χ3n) is 4.28. The third-order valence-corrected chi connectivity index (χ3v) is 4.28. The van der Waals surface area contributed by atoms with Crippen LogP contribution in [0.1, 0.15) is 57.8 Å². The van der Waals surface area contributed by atoms with Gasteiger partial charge >= 0.3 is 0 Å². The third kappa shape index (κ3) is 5.15. The molecule has 18 heavy (non-hydrogen) atoms. The van der Waals surface area contributed by atoms with E-state index in [4.69, 9.17) is 5.73 Å². The molecular weight excluding hydrogens is 248 g/mol. The summed E-state index contributed by atoms with van der Waals surface area (Å²) >= 11 is 0. The predicted octanol–water partition coefficient (Wildman–Crippen LogP) is 2.62. The van der Waals surface area contributed by atoms with E-state index in [1.807, 2.05) is 0 Å². The molecule has 0 aliphatic heterocycles. The second-order valence-corrected chi connectivity index (χ2v) is 5.79. The summed E-state index contributed by atoms with van der Waals surface area (Å²) in [6.07, 6.45) is 11.0. The summed E-state index contributed by atoms with van der Waals surface area (Å²) in [5.41, 5.74) is 5.68. The van der Waals surface area contributed by atoms with Gasteiger partial charge in [-0.15, -0.1) is 12.4 Å². The van der Waals surface area contributed by atoms with E-state index in [2.05, 4.69) is 5.32 Å². The molecule has 3 N–H and O–H groups in total. The lowest BCUT2D eigenvalue weighted by atomic mass is 10.0. The zero-order chi connectivity index (χ0) is 12.1. The Balaban J connectivity index is 0.00000162. The lowest BCUT2D eigenvalue weighted by Gasteiger charge is -2.16. The Morgan fingerprint density at radius 3 is 2.44 bits per heavy atom. The van der Waals surface area contributed by atoms with E-state index in [0.717, 1.165) is 12.3 Å². The fraction of sp³-hybridized carbons (Fsp3) is 0.929. The monoisotopic (exact) mass is 274 g/mol. The molecular formula is C14H27ClN2O. The molecule has 2 aliphatic carbocycles. The fourth-order valence-electron chi connectivity index (χ4n) is 3.00. The van der Waals surface area contributed by atoms with Crippen molar-refractivity contribution >= 4 is 18.3 Å². The molecule has 0 radical (unpaired) electrons. The van der Waals surface area contributed by atoms with Crippen LogP contribution in [-0.4, -0.2) is 18.5 Å². The van der Waals surface area contributed by atoms with Crippen LogP contribution in [0.5, 0.6) is 0 Å². The van der Waals surface area contributed by atoms with Crippen LogP contribution in [0.3, 0.4) is 0 Å². The molecule has 0 saturated heterocycles. The second kappa shape index (κ2) is 8.00. The summed E-state index contributed by atoms with van der Waals surface area (Å²) in [6, 6.07) is 0.244. The van der Waals surface area contributed by atoms with Crippen molar-refractivity contribution in [3.05, 3.63) is 0 Å². The van der Waals surface area contributed by atoms with Gasteiger partial charge in [-0.2, -0.15) is 0 Å². The Hall–Kier alpha value is -0.280. The Morgan fingerprint density at radius 1 is 1.22 bits per heavy atom. The molecule has 2 aliphatic rings. The predicted molar refractivity (Wildman–Crippen MR) is 76.8 cm³/mol. The normalized spacial score (nSPS) is 21.4. The van der Waals surface area contributed by atoms with Crippen molar-refractivity contribution in [2.75, 3.05) is 6.54 Å². The van der Waals surface area contributed by atoms with Crippen molar-refractivity contribution in [3.8, 4) is 0 Å². The summed E-state index contributed by atoms with van der Waals surface area (Å²) in [5, 5.41) is 3.09. The van der Waals surface area contributed by atoms with Gasteiger partial charge in [0.05, 0.1) is 0 Å². The first-order chi connectivity index (χ1) is 8.29. The molecule has 2 saturated carbocycles. The Bertz CT molecular complexity index is 250. The van der Waals surface area contributed by atoms with Gasteiger partial charge in [-0.1, -0.05) is 25.7 Å². The van der Waals surface area contributed by atoms with Crippen LogP contribution >= 0.6 is 12.4 Å². The zero-order valence-corrected chi connectivity index (χ0v) is 12.0. The summed E-state index contributed by atoms with van der Waals surface area (Å²) in [4.78, 5) is 11.8. The highest BCUT2D eigenvalue weighted by Gasteiger charge is 2.31. The van der Waals surface area contributed by atoms with Gasteiger partial charge in [-0.05, 0) is 37.5 Å². The molecule has 2 rings (SSSR count). The average Bonchev–Trinajstić information content (AvgIpc) is 3.04. The number of nitrogens with one attached hydrogen (secondary N) is 1. The highest BCUT2D eigenvalue weighted by Crippen LogP contribution is 2.32. The van der Waals surface area contributed by atoms with Crippen LogP contribution in [0.2, 0.25) is 0 Å². The van der Waals surface area contributed by atoms with Crippen molar-refractivity contribution in [2.45, 2.75) is 63.8 Å². The molecule has 4 heteroatoms. The summed E-state index contributed by atoms with van der Waals surface area (Å²) in [7, 11) is 0. The van der Waals surface area contributed by atoms with Crippen LogP contribution in [-0.2, 0) is 4.79 Å². The standard InChI is InChI=1S/C14H26N2O.ClH/c15-10-13(12-8-9-12)16-14(17)7-3-6-11-4-1-2-5-11;/h11-13H,1-10,15H2,(H,16,17);1H. The average molecular weight is 275 g/mol. The van der Waals surface area contributed by atoms with Gasteiger partial charge in [0.25, 0.3) is 0 Å². The van der Waals surface area contributed by atoms with E-state index >= 15 is 0 Å². The summed E-state index contributed by atoms with van der Waals surface area (Å²) in [5.74, 6) is 1.78. The lowest BCUT2D eigenvalue weighted by molar-refractivity contribution is -0.122. The molecule has 3 nitrogen and oxygen atoms in total. The molecule has 1 atom stereocenters. The molecule has 0 aromatic carbocycles. The molecule has 1 unspecified atom stereocenters. The Labute approximate surface area is 117 Å². The van der Waals surface area contributed by atoms with Crippen molar-refractivity contribution in [1.82, 2.24) is 5.32 Å². The topological polar surface area (TPSA) is 55.1 Å². The maximum absolute atomic E-state index is 11.8. The minimum atomic E-state index is 0. The molecule has 1 amide bonds. The van der Waals surface area contributed by atoms with E-state index in [9.17, 15) is 4.79 Å². The van der Waals surface area contributed by atoms with Crippen molar-refractivity contribution in [2.24, 2.45) is 17.6 Å². The van der Waals surface area contributed by atoms with Gasteiger partial charge in [-0.3, -0.25) is 4.79 Å². The minimum Gasteiger partial charge on any atom is -0.352 e. The van der Waals surface area contributed by atoms with Gasteiger partial charge in [0, 0.05) is 19.0 Å². The number of rotatable bonds is 7. The highest BCUT2D eigenvalue weighted by atomic mass is 35.5. The first-order valence-corrected chi connectivity index (χ1v) is 7.29. The molecule has 0 bridgehead atoms. The highest BCUT2D eigenvalue weighted by molar-refractivity contribution is 5.85. The van der Waals surface area contributed by atoms with E-state index in [1.165, 1.54) is 44.9 Å². The number of halogens is 1. The van der Waals surface area contributed by atoms with Crippen LogP contribution in [0.15, 0.2) is 0 Å².